The molecule has 0 saturated carbocycles. The van der Waals surface area contributed by atoms with E-state index in [4.69, 9.17) is 5.73 Å². The minimum absolute atomic E-state index is 0.250. The van der Waals surface area contributed by atoms with E-state index in [2.05, 4.69) is 5.32 Å². The minimum atomic E-state index is -4.39. The molecule has 1 heterocycles. The highest BCUT2D eigenvalue weighted by Crippen LogP contribution is 2.40. The van der Waals surface area contributed by atoms with Gasteiger partial charge in [-0.15, -0.1) is 11.8 Å². The minimum Gasteiger partial charge on any atom is -0.368 e. The van der Waals surface area contributed by atoms with E-state index in [0.29, 0.717) is 11.3 Å². The van der Waals surface area contributed by atoms with Gasteiger partial charge in [0.2, 0.25) is 5.91 Å². The lowest BCUT2D eigenvalue weighted by Crippen LogP contribution is -2.56. The van der Waals surface area contributed by atoms with E-state index in [1.165, 1.54) is 11.8 Å². The third kappa shape index (κ3) is 2.87. The van der Waals surface area contributed by atoms with Gasteiger partial charge >= 0.3 is 6.18 Å². The zero-order valence-electron chi connectivity index (χ0n) is 9.96. The van der Waals surface area contributed by atoms with E-state index in [-0.39, 0.29) is 6.42 Å². The number of benzene rings is 1. The van der Waals surface area contributed by atoms with Gasteiger partial charge in [-0.05, 0) is 18.1 Å². The molecule has 1 unspecified atom stereocenters. The molecule has 3 N–H and O–H groups in total. The number of halogens is 3. The van der Waals surface area contributed by atoms with Gasteiger partial charge in [0, 0.05) is 10.6 Å². The van der Waals surface area contributed by atoms with Gasteiger partial charge in [0.15, 0.2) is 0 Å². The number of fused-ring (bicyclic) bond motifs is 1. The summed E-state index contributed by atoms with van der Waals surface area (Å²) < 4.78 is 37.2. The van der Waals surface area contributed by atoms with Crippen LogP contribution in [0.1, 0.15) is 12.0 Å². The third-order valence-electron chi connectivity index (χ3n) is 3.09. The van der Waals surface area contributed by atoms with E-state index in [0.717, 1.165) is 4.90 Å². The van der Waals surface area contributed by atoms with Gasteiger partial charge in [0.05, 0.1) is 6.54 Å². The average Bonchev–Trinajstić information content (AvgIpc) is 2.35. The van der Waals surface area contributed by atoms with Crippen molar-refractivity contribution < 1.29 is 18.0 Å². The van der Waals surface area contributed by atoms with Crippen LogP contribution in [-0.2, 0) is 10.3 Å². The monoisotopic (exact) mass is 290 g/mol. The standard InChI is InChI=1S/C12H13F3N2OS/c13-12(14,15)7-17-11(10(16)18)5-6-19-9-4-2-1-3-8(9)11/h1-4,17H,5-7H2,(H2,16,18). The van der Waals surface area contributed by atoms with Gasteiger partial charge in [-0.3, -0.25) is 10.1 Å². The second-order valence-corrected chi connectivity index (χ2v) is 5.47. The van der Waals surface area contributed by atoms with Crippen LogP contribution in [0.15, 0.2) is 29.2 Å². The molecule has 0 bridgehead atoms. The summed E-state index contributed by atoms with van der Waals surface area (Å²) in [6.45, 7) is -1.24. The molecule has 0 aromatic heterocycles. The van der Waals surface area contributed by atoms with Crippen molar-refractivity contribution in [2.75, 3.05) is 12.3 Å². The number of nitrogens with one attached hydrogen (secondary N) is 1. The Kier molecular flexibility index (Phi) is 3.78. The first kappa shape index (κ1) is 14.2. The Balaban J connectivity index is 2.38. The molecular weight excluding hydrogens is 277 g/mol. The normalized spacial score (nSPS) is 22.9. The lowest BCUT2D eigenvalue weighted by molar-refractivity contribution is -0.137. The number of hydrogen-bond acceptors (Lipinski definition) is 3. The van der Waals surface area contributed by atoms with Crippen LogP contribution in [0.25, 0.3) is 0 Å². The van der Waals surface area contributed by atoms with E-state index in [1.807, 2.05) is 0 Å². The number of carbonyl (C=O) groups excluding carboxylic acids is 1. The number of nitrogens with two attached hydrogens (primary N) is 1. The molecule has 7 heteroatoms. The smallest absolute Gasteiger partial charge is 0.368 e. The van der Waals surface area contributed by atoms with Gasteiger partial charge in [-0.1, -0.05) is 18.2 Å². The Morgan fingerprint density at radius 1 is 1.42 bits per heavy atom. The first-order valence-corrected chi connectivity index (χ1v) is 6.68. The molecular formula is C12H13F3N2OS. The van der Waals surface area contributed by atoms with Crippen LogP contribution >= 0.6 is 11.8 Å². The van der Waals surface area contributed by atoms with Gasteiger partial charge in [0.1, 0.15) is 5.54 Å². The fraction of sp³-hybridized carbons (Fsp3) is 0.417. The number of thioether (sulfide) groups is 1. The van der Waals surface area contributed by atoms with E-state index in [9.17, 15) is 18.0 Å². The van der Waals surface area contributed by atoms with E-state index in [1.54, 1.807) is 24.3 Å². The highest BCUT2D eigenvalue weighted by atomic mass is 32.2. The van der Waals surface area contributed by atoms with Crippen LogP contribution < -0.4 is 11.1 Å². The third-order valence-corrected chi connectivity index (χ3v) is 4.17. The van der Waals surface area contributed by atoms with E-state index >= 15 is 0 Å². The quantitative estimate of drug-likeness (QED) is 0.895. The Labute approximate surface area is 112 Å². The summed E-state index contributed by atoms with van der Waals surface area (Å²) in [4.78, 5) is 12.5. The number of carbonyl (C=O) groups is 1. The van der Waals surface area contributed by atoms with Crippen LogP contribution in [0.2, 0.25) is 0 Å². The molecule has 104 valence electrons. The molecule has 1 aliphatic heterocycles. The average molecular weight is 290 g/mol. The summed E-state index contributed by atoms with van der Waals surface area (Å²) in [7, 11) is 0. The second-order valence-electron chi connectivity index (χ2n) is 4.33. The Morgan fingerprint density at radius 2 is 2.11 bits per heavy atom. The van der Waals surface area contributed by atoms with Crippen molar-refractivity contribution in [3.8, 4) is 0 Å². The lowest BCUT2D eigenvalue weighted by atomic mass is 9.85. The van der Waals surface area contributed by atoms with Gasteiger partial charge in [0.25, 0.3) is 0 Å². The predicted molar refractivity (Wildman–Crippen MR) is 66.7 cm³/mol. The van der Waals surface area contributed by atoms with Crippen molar-refractivity contribution in [3.05, 3.63) is 29.8 Å². The molecule has 0 fully saturated rings. The van der Waals surface area contributed by atoms with Crippen LogP contribution in [0.5, 0.6) is 0 Å². The Bertz CT molecular complexity index is 492. The molecule has 19 heavy (non-hydrogen) atoms. The molecule has 1 atom stereocenters. The molecule has 0 radical (unpaired) electrons. The highest BCUT2D eigenvalue weighted by molar-refractivity contribution is 7.99. The second kappa shape index (κ2) is 5.05. The SMILES string of the molecule is NC(=O)C1(NCC(F)(F)F)CCSc2ccccc21. The number of primary amides is 1. The van der Waals surface area contributed by atoms with E-state index < -0.39 is 24.2 Å². The maximum absolute atomic E-state index is 12.4. The van der Waals surface area contributed by atoms with Crippen LogP contribution in [0.4, 0.5) is 13.2 Å². The summed E-state index contributed by atoms with van der Waals surface area (Å²) in [5, 5.41) is 2.32. The molecule has 1 aromatic rings. The van der Waals surface area contributed by atoms with Gasteiger partial charge < -0.3 is 5.73 Å². The van der Waals surface area contributed by atoms with Crippen molar-refractivity contribution in [2.24, 2.45) is 5.73 Å². The van der Waals surface area contributed by atoms with Crippen molar-refractivity contribution in [1.82, 2.24) is 5.32 Å². The lowest BCUT2D eigenvalue weighted by Gasteiger charge is -2.37. The number of amides is 1. The summed E-state index contributed by atoms with van der Waals surface area (Å²) in [6.07, 6.45) is -4.14. The molecule has 0 aliphatic carbocycles. The van der Waals surface area contributed by atoms with Crippen LogP contribution in [0.3, 0.4) is 0 Å². The fourth-order valence-corrected chi connectivity index (χ4v) is 3.37. The maximum Gasteiger partial charge on any atom is 0.401 e. The topological polar surface area (TPSA) is 55.1 Å². The zero-order chi connectivity index (χ0) is 14.1. The molecule has 0 saturated heterocycles. The zero-order valence-corrected chi connectivity index (χ0v) is 10.8. The Hall–Kier alpha value is -1.21. The molecule has 1 aliphatic rings. The summed E-state index contributed by atoms with van der Waals surface area (Å²) >= 11 is 1.51. The van der Waals surface area contributed by atoms with Crippen molar-refractivity contribution in [2.45, 2.75) is 23.0 Å². The van der Waals surface area contributed by atoms with Crippen molar-refractivity contribution >= 4 is 17.7 Å². The summed E-state index contributed by atoms with van der Waals surface area (Å²) in [5.41, 5.74) is 4.47. The summed E-state index contributed by atoms with van der Waals surface area (Å²) in [5.74, 6) is -0.227. The molecule has 3 nitrogen and oxygen atoms in total. The first-order chi connectivity index (χ1) is 8.85. The van der Waals surface area contributed by atoms with Crippen LogP contribution in [-0.4, -0.2) is 24.4 Å². The number of alkyl halides is 3. The van der Waals surface area contributed by atoms with Crippen molar-refractivity contribution in [3.63, 3.8) is 0 Å². The van der Waals surface area contributed by atoms with Gasteiger partial charge in [-0.2, -0.15) is 13.2 Å². The largest absolute Gasteiger partial charge is 0.401 e. The fourth-order valence-electron chi connectivity index (χ4n) is 2.17. The highest BCUT2D eigenvalue weighted by Gasteiger charge is 2.44. The molecule has 1 amide bonds. The molecule has 1 aromatic carbocycles. The predicted octanol–water partition coefficient (Wildman–Crippen LogP) is 2.01. The maximum atomic E-state index is 12.4. The molecule has 2 rings (SSSR count). The Morgan fingerprint density at radius 3 is 2.74 bits per heavy atom. The van der Waals surface area contributed by atoms with Crippen LogP contribution in [0, 0.1) is 0 Å². The van der Waals surface area contributed by atoms with Gasteiger partial charge in [-0.25, -0.2) is 0 Å². The summed E-state index contributed by atoms with van der Waals surface area (Å²) in [6, 6.07) is 6.91. The number of rotatable bonds is 3. The van der Waals surface area contributed by atoms with Crippen molar-refractivity contribution in [1.29, 1.82) is 0 Å². The first-order valence-electron chi connectivity index (χ1n) is 5.69. The molecule has 0 spiro atoms. The number of hydrogen-bond donors (Lipinski definition) is 2.